The molecule has 0 spiro atoms. The molecule has 2 rings (SSSR count). The number of non-ortho nitro benzene ring substituents is 1. The zero-order valence-electron chi connectivity index (χ0n) is 14.4. The molecular formula is C17H15ClN2O7. The second-order valence-electron chi connectivity index (χ2n) is 5.15. The second-order valence-corrected chi connectivity index (χ2v) is 5.55. The van der Waals surface area contributed by atoms with Crippen molar-refractivity contribution in [3.05, 3.63) is 57.1 Å². The standard InChI is InChI=1S/C17H15ClN2O7/c1-25-12-5-10(6-13(8-12)26-2)19-16(21)9-27-17(22)14-7-11(20(23)24)3-4-15(14)18/h3-8H,9H2,1-2H3,(H,19,21). The second kappa shape index (κ2) is 8.86. The van der Waals surface area contributed by atoms with Crippen LogP contribution >= 0.6 is 11.6 Å². The quantitative estimate of drug-likeness (QED) is 0.435. The Morgan fingerprint density at radius 2 is 1.74 bits per heavy atom. The van der Waals surface area contributed by atoms with Gasteiger partial charge in [0.2, 0.25) is 0 Å². The van der Waals surface area contributed by atoms with Gasteiger partial charge >= 0.3 is 5.97 Å². The van der Waals surface area contributed by atoms with E-state index in [-0.39, 0.29) is 16.3 Å². The number of ether oxygens (including phenoxy) is 3. The molecule has 1 N–H and O–H groups in total. The lowest BCUT2D eigenvalue weighted by molar-refractivity contribution is -0.384. The third-order valence-electron chi connectivity index (χ3n) is 3.35. The fourth-order valence-electron chi connectivity index (χ4n) is 2.07. The molecule has 0 radical (unpaired) electrons. The van der Waals surface area contributed by atoms with Gasteiger partial charge in [0, 0.05) is 36.0 Å². The van der Waals surface area contributed by atoms with E-state index >= 15 is 0 Å². The number of nitrogens with one attached hydrogen (secondary N) is 1. The van der Waals surface area contributed by atoms with Crippen LogP contribution in [0.3, 0.4) is 0 Å². The van der Waals surface area contributed by atoms with Crippen molar-refractivity contribution >= 4 is 34.9 Å². The molecule has 27 heavy (non-hydrogen) atoms. The van der Waals surface area contributed by atoms with Crippen LogP contribution in [-0.4, -0.2) is 37.6 Å². The van der Waals surface area contributed by atoms with Crippen molar-refractivity contribution in [1.82, 2.24) is 0 Å². The Balaban J connectivity index is 2.02. The van der Waals surface area contributed by atoms with Crippen LogP contribution in [0.4, 0.5) is 11.4 Å². The van der Waals surface area contributed by atoms with Gasteiger partial charge < -0.3 is 19.5 Å². The minimum absolute atomic E-state index is 0.0245. The smallest absolute Gasteiger partial charge is 0.340 e. The van der Waals surface area contributed by atoms with Crippen molar-refractivity contribution in [2.24, 2.45) is 0 Å². The summed E-state index contributed by atoms with van der Waals surface area (Å²) in [7, 11) is 2.93. The van der Waals surface area contributed by atoms with Gasteiger partial charge in [-0.1, -0.05) is 11.6 Å². The first-order chi connectivity index (χ1) is 12.8. The number of hydrogen-bond donors (Lipinski definition) is 1. The zero-order chi connectivity index (χ0) is 20.0. The number of carbonyl (C=O) groups excluding carboxylic acids is 2. The van der Waals surface area contributed by atoms with Crippen LogP contribution in [-0.2, 0) is 9.53 Å². The zero-order valence-corrected chi connectivity index (χ0v) is 15.1. The summed E-state index contributed by atoms with van der Waals surface area (Å²) in [6.45, 7) is -0.614. The van der Waals surface area contributed by atoms with Gasteiger partial charge in [0.05, 0.1) is 29.7 Å². The van der Waals surface area contributed by atoms with Gasteiger partial charge in [-0.25, -0.2) is 4.79 Å². The Morgan fingerprint density at radius 3 is 2.30 bits per heavy atom. The number of amides is 1. The summed E-state index contributed by atoms with van der Waals surface area (Å²) in [5.41, 5.74) is -0.151. The van der Waals surface area contributed by atoms with E-state index in [4.69, 9.17) is 25.8 Å². The normalized spacial score (nSPS) is 10.0. The number of rotatable bonds is 7. The molecule has 0 saturated heterocycles. The maximum atomic E-state index is 12.0. The van der Waals surface area contributed by atoms with Gasteiger partial charge in [-0.15, -0.1) is 0 Å². The average molecular weight is 395 g/mol. The van der Waals surface area contributed by atoms with Crippen molar-refractivity contribution in [1.29, 1.82) is 0 Å². The number of hydrogen-bond acceptors (Lipinski definition) is 7. The third-order valence-corrected chi connectivity index (χ3v) is 3.68. The van der Waals surface area contributed by atoms with Crippen LogP contribution in [0.1, 0.15) is 10.4 Å². The van der Waals surface area contributed by atoms with E-state index in [0.717, 1.165) is 12.1 Å². The van der Waals surface area contributed by atoms with E-state index in [1.54, 1.807) is 18.2 Å². The topological polar surface area (TPSA) is 117 Å². The van der Waals surface area contributed by atoms with E-state index < -0.39 is 23.4 Å². The number of nitro groups is 1. The van der Waals surface area contributed by atoms with Crippen LogP contribution in [0.15, 0.2) is 36.4 Å². The van der Waals surface area contributed by atoms with Crippen molar-refractivity contribution < 1.29 is 28.7 Å². The number of benzene rings is 2. The molecule has 1 amide bonds. The SMILES string of the molecule is COc1cc(NC(=O)COC(=O)c2cc([N+](=O)[O-])ccc2Cl)cc(OC)c1. The Morgan fingerprint density at radius 1 is 1.11 bits per heavy atom. The molecule has 2 aromatic rings. The molecule has 0 heterocycles. The number of halogens is 1. The molecule has 0 saturated carbocycles. The van der Waals surface area contributed by atoms with Crippen molar-refractivity contribution in [3.63, 3.8) is 0 Å². The fourth-order valence-corrected chi connectivity index (χ4v) is 2.26. The summed E-state index contributed by atoms with van der Waals surface area (Å²) < 4.78 is 15.1. The predicted molar refractivity (Wildman–Crippen MR) is 96.6 cm³/mol. The number of esters is 1. The molecule has 0 aliphatic rings. The van der Waals surface area contributed by atoms with Gasteiger partial charge in [-0.2, -0.15) is 0 Å². The first kappa shape index (κ1) is 20.0. The lowest BCUT2D eigenvalue weighted by Crippen LogP contribution is -2.21. The largest absolute Gasteiger partial charge is 0.497 e. The summed E-state index contributed by atoms with van der Waals surface area (Å²) in [6, 6.07) is 8.08. The fraction of sp³-hybridized carbons (Fsp3) is 0.176. The van der Waals surface area contributed by atoms with Crippen molar-refractivity contribution in [2.75, 3.05) is 26.1 Å². The summed E-state index contributed by atoms with van der Waals surface area (Å²) >= 11 is 5.86. The maximum absolute atomic E-state index is 12.0. The monoisotopic (exact) mass is 394 g/mol. The molecule has 142 valence electrons. The number of carbonyl (C=O) groups is 2. The van der Waals surface area contributed by atoms with E-state index in [9.17, 15) is 19.7 Å². The van der Waals surface area contributed by atoms with Crippen LogP contribution in [0, 0.1) is 10.1 Å². The highest BCUT2D eigenvalue weighted by molar-refractivity contribution is 6.33. The number of anilines is 1. The Bertz CT molecular complexity index is 863. The summed E-state index contributed by atoms with van der Waals surface area (Å²) in [5.74, 6) is -0.655. The van der Waals surface area contributed by atoms with Crippen LogP contribution in [0.5, 0.6) is 11.5 Å². The Kier molecular flexibility index (Phi) is 6.56. The number of nitro benzene ring substituents is 1. The van der Waals surface area contributed by atoms with E-state index in [1.165, 1.54) is 20.3 Å². The summed E-state index contributed by atoms with van der Waals surface area (Å²) in [5, 5.41) is 13.3. The maximum Gasteiger partial charge on any atom is 0.340 e. The number of nitrogens with zero attached hydrogens (tertiary/aromatic N) is 1. The van der Waals surface area contributed by atoms with Gasteiger partial charge in [0.15, 0.2) is 6.61 Å². The predicted octanol–water partition coefficient (Wildman–Crippen LogP) is 3.06. The molecule has 0 aliphatic carbocycles. The molecule has 0 fully saturated rings. The molecule has 0 atom stereocenters. The highest BCUT2D eigenvalue weighted by Crippen LogP contribution is 2.26. The highest BCUT2D eigenvalue weighted by Gasteiger charge is 2.18. The van der Waals surface area contributed by atoms with Crippen molar-refractivity contribution in [2.45, 2.75) is 0 Å². The molecule has 10 heteroatoms. The van der Waals surface area contributed by atoms with Gasteiger partial charge in [0.1, 0.15) is 11.5 Å². The van der Waals surface area contributed by atoms with Gasteiger partial charge in [-0.3, -0.25) is 14.9 Å². The first-order valence-electron chi connectivity index (χ1n) is 7.48. The minimum atomic E-state index is -0.956. The van der Waals surface area contributed by atoms with Gasteiger partial charge in [0.25, 0.3) is 11.6 Å². The van der Waals surface area contributed by atoms with E-state index in [0.29, 0.717) is 17.2 Å². The van der Waals surface area contributed by atoms with E-state index in [1.807, 2.05) is 0 Å². The molecule has 0 bridgehead atoms. The van der Waals surface area contributed by atoms with Crippen molar-refractivity contribution in [3.8, 4) is 11.5 Å². The lowest BCUT2D eigenvalue weighted by Gasteiger charge is -2.10. The van der Waals surface area contributed by atoms with Gasteiger partial charge in [-0.05, 0) is 6.07 Å². The van der Waals surface area contributed by atoms with Crippen LogP contribution in [0.25, 0.3) is 0 Å². The molecule has 0 aliphatic heterocycles. The summed E-state index contributed by atoms with van der Waals surface area (Å²) in [6.07, 6.45) is 0. The summed E-state index contributed by atoms with van der Waals surface area (Å²) in [4.78, 5) is 34.2. The van der Waals surface area contributed by atoms with Crippen LogP contribution in [0.2, 0.25) is 5.02 Å². The van der Waals surface area contributed by atoms with Crippen LogP contribution < -0.4 is 14.8 Å². The first-order valence-corrected chi connectivity index (χ1v) is 7.86. The Hall–Kier alpha value is -3.33. The number of methoxy groups -OCH3 is 2. The molecule has 2 aromatic carbocycles. The minimum Gasteiger partial charge on any atom is -0.497 e. The highest BCUT2D eigenvalue weighted by atomic mass is 35.5. The third kappa shape index (κ3) is 5.32. The average Bonchev–Trinajstić information content (AvgIpc) is 2.65. The lowest BCUT2D eigenvalue weighted by atomic mass is 10.2. The van der Waals surface area contributed by atoms with E-state index in [2.05, 4.69) is 5.32 Å². The molecule has 9 nitrogen and oxygen atoms in total. The molecule has 0 aromatic heterocycles. The molecule has 0 unspecified atom stereocenters. The Labute approximate surface area is 158 Å². The molecular weight excluding hydrogens is 380 g/mol.